The zero-order valence-corrected chi connectivity index (χ0v) is 16.6. The summed E-state index contributed by atoms with van der Waals surface area (Å²) in [5, 5.41) is 11.1. The summed E-state index contributed by atoms with van der Waals surface area (Å²) >= 11 is 0. The molecular weight excluding hydrogens is 376 g/mol. The number of nitro benzene ring substituents is 1. The van der Waals surface area contributed by atoms with Crippen molar-refractivity contribution in [1.29, 1.82) is 0 Å². The minimum atomic E-state index is -3.88. The first-order valence-corrected chi connectivity index (χ1v) is 9.81. The summed E-state index contributed by atoms with van der Waals surface area (Å²) in [6.45, 7) is 3.00. The Morgan fingerprint density at radius 1 is 1.26 bits per heavy atom. The van der Waals surface area contributed by atoms with E-state index in [1.807, 2.05) is 4.90 Å². The number of hydrogen-bond acceptors (Lipinski definition) is 7. The summed E-state index contributed by atoms with van der Waals surface area (Å²) in [5.41, 5.74) is -0.401. The van der Waals surface area contributed by atoms with Crippen LogP contribution in [0.3, 0.4) is 0 Å². The molecule has 1 amide bonds. The molecule has 1 aromatic carbocycles. The van der Waals surface area contributed by atoms with E-state index in [2.05, 4.69) is 0 Å². The van der Waals surface area contributed by atoms with Crippen LogP contribution in [0.15, 0.2) is 23.1 Å². The van der Waals surface area contributed by atoms with Crippen molar-refractivity contribution in [1.82, 2.24) is 14.1 Å². The summed E-state index contributed by atoms with van der Waals surface area (Å²) < 4.78 is 31.9. The number of sulfonamides is 1. The van der Waals surface area contributed by atoms with Gasteiger partial charge in [0.2, 0.25) is 15.9 Å². The number of nitrogens with zero attached hydrogens (tertiary/aromatic N) is 4. The van der Waals surface area contributed by atoms with Crippen LogP contribution < -0.4 is 4.74 Å². The molecule has 150 valence electrons. The van der Waals surface area contributed by atoms with Crippen LogP contribution in [0.5, 0.6) is 5.75 Å². The molecule has 0 bridgehead atoms. The van der Waals surface area contributed by atoms with E-state index in [1.165, 1.54) is 28.4 Å². The van der Waals surface area contributed by atoms with Gasteiger partial charge in [-0.1, -0.05) is 0 Å². The number of nitro groups is 1. The Morgan fingerprint density at radius 3 is 2.33 bits per heavy atom. The Hall–Kier alpha value is -2.24. The molecular formula is C16H24N4O6S. The van der Waals surface area contributed by atoms with Gasteiger partial charge < -0.3 is 9.64 Å². The van der Waals surface area contributed by atoms with Gasteiger partial charge in [-0.3, -0.25) is 19.8 Å². The third kappa shape index (κ3) is 4.37. The third-order valence-electron chi connectivity index (χ3n) is 4.60. The van der Waals surface area contributed by atoms with Gasteiger partial charge in [-0.25, -0.2) is 8.42 Å². The van der Waals surface area contributed by atoms with Crippen molar-refractivity contribution in [3.63, 3.8) is 0 Å². The van der Waals surface area contributed by atoms with Crippen LogP contribution in [0.1, 0.15) is 6.92 Å². The Morgan fingerprint density at radius 2 is 1.85 bits per heavy atom. The van der Waals surface area contributed by atoms with Crippen LogP contribution in [0.4, 0.5) is 5.69 Å². The quantitative estimate of drug-likeness (QED) is 0.501. The van der Waals surface area contributed by atoms with Crippen LogP contribution >= 0.6 is 0 Å². The first kappa shape index (κ1) is 21.1. The highest BCUT2D eigenvalue weighted by molar-refractivity contribution is 7.89. The smallest absolute Gasteiger partial charge is 0.312 e. The summed E-state index contributed by atoms with van der Waals surface area (Å²) in [6, 6.07) is 3.25. The molecule has 10 nitrogen and oxygen atoms in total. The average Bonchev–Trinajstić information content (AvgIpc) is 2.66. The van der Waals surface area contributed by atoms with Crippen LogP contribution in [-0.4, -0.2) is 86.8 Å². The Labute approximate surface area is 158 Å². The van der Waals surface area contributed by atoms with Crippen molar-refractivity contribution in [3.05, 3.63) is 28.3 Å². The fourth-order valence-corrected chi connectivity index (χ4v) is 4.43. The van der Waals surface area contributed by atoms with Gasteiger partial charge in [-0.15, -0.1) is 0 Å². The summed E-state index contributed by atoms with van der Waals surface area (Å²) in [7, 11) is 0.760. The zero-order chi connectivity index (χ0) is 20.4. The van der Waals surface area contributed by atoms with E-state index in [-0.39, 0.29) is 35.7 Å². The van der Waals surface area contributed by atoms with Gasteiger partial charge in [0, 0.05) is 46.3 Å². The van der Waals surface area contributed by atoms with E-state index in [0.29, 0.717) is 13.1 Å². The maximum atomic E-state index is 12.8. The first-order chi connectivity index (χ1) is 12.6. The molecule has 1 atom stereocenters. The lowest BCUT2D eigenvalue weighted by Crippen LogP contribution is -2.54. The number of methoxy groups -OCH3 is 1. The summed E-state index contributed by atoms with van der Waals surface area (Å²) in [5.74, 6) is -0.0446. The van der Waals surface area contributed by atoms with Crippen LogP contribution in [0, 0.1) is 10.1 Å². The number of likely N-dealkylation sites (N-methyl/N-ethyl adjacent to an activating group) is 1. The van der Waals surface area contributed by atoms with Gasteiger partial charge in [-0.05, 0) is 19.1 Å². The topological polar surface area (TPSA) is 113 Å². The van der Waals surface area contributed by atoms with Crippen LogP contribution in [0.2, 0.25) is 0 Å². The molecule has 2 rings (SSSR count). The maximum Gasteiger partial charge on any atom is 0.312 e. The molecule has 11 heteroatoms. The predicted octanol–water partition coefficient (Wildman–Crippen LogP) is 0.386. The minimum Gasteiger partial charge on any atom is -0.490 e. The number of amides is 1. The standard InChI is InChI=1S/C16H24N4O6S/c1-12(16(21)17(2)3)18-7-9-19(10-8-18)27(24,25)13-5-6-15(26-4)14(11-13)20(22)23/h5-6,11-12H,7-10H2,1-4H3. The van der Waals surface area contributed by atoms with E-state index in [0.717, 1.165) is 6.07 Å². The summed E-state index contributed by atoms with van der Waals surface area (Å²) in [6.07, 6.45) is 0. The number of ether oxygens (including phenoxy) is 1. The number of carbonyl (C=O) groups excluding carboxylic acids is 1. The fourth-order valence-electron chi connectivity index (χ4n) is 2.98. The van der Waals surface area contributed by atoms with Gasteiger partial charge in [0.25, 0.3) is 0 Å². The van der Waals surface area contributed by atoms with Crippen molar-refractivity contribution in [2.75, 3.05) is 47.4 Å². The van der Waals surface area contributed by atoms with Crippen LogP contribution in [0.25, 0.3) is 0 Å². The lowest BCUT2D eigenvalue weighted by Gasteiger charge is -2.37. The summed E-state index contributed by atoms with van der Waals surface area (Å²) in [4.78, 5) is 25.8. The molecule has 1 fully saturated rings. The van der Waals surface area contributed by atoms with Crippen molar-refractivity contribution < 1.29 is 22.9 Å². The lowest BCUT2D eigenvalue weighted by molar-refractivity contribution is -0.386. The number of hydrogen-bond donors (Lipinski definition) is 0. The molecule has 1 saturated heterocycles. The second-order valence-corrected chi connectivity index (χ2v) is 8.38. The van der Waals surface area contributed by atoms with E-state index in [4.69, 9.17) is 4.74 Å². The highest BCUT2D eigenvalue weighted by Gasteiger charge is 2.33. The number of carbonyl (C=O) groups is 1. The van der Waals surface area contributed by atoms with E-state index in [9.17, 15) is 23.3 Å². The van der Waals surface area contributed by atoms with E-state index >= 15 is 0 Å². The Bertz CT molecular complexity index is 818. The number of benzene rings is 1. The third-order valence-corrected chi connectivity index (χ3v) is 6.50. The minimum absolute atomic E-state index is 0.000193. The predicted molar refractivity (Wildman–Crippen MR) is 98.1 cm³/mol. The second kappa shape index (κ2) is 8.19. The normalized spacial score (nSPS) is 17.3. The molecule has 0 spiro atoms. The van der Waals surface area contributed by atoms with Crippen molar-refractivity contribution >= 4 is 21.6 Å². The highest BCUT2D eigenvalue weighted by atomic mass is 32.2. The molecule has 1 aromatic rings. The monoisotopic (exact) mass is 400 g/mol. The lowest BCUT2D eigenvalue weighted by atomic mass is 10.2. The molecule has 0 saturated carbocycles. The Balaban J connectivity index is 2.17. The number of rotatable bonds is 6. The maximum absolute atomic E-state index is 12.8. The van der Waals surface area contributed by atoms with Gasteiger partial charge in [0.05, 0.1) is 23.0 Å². The van der Waals surface area contributed by atoms with E-state index in [1.54, 1.807) is 21.0 Å². The van der Waals surface area contributed by atoms with Crippen molar-refractivity contribution in [2.45, 2.75) is 17.9 Å². The van der Waals surface area contributed by atoms with Gasteiger partial charge >= 0.3 is 5.69 Å². The van der Waals surface area contributed by atoms with Crippen molar-refractivity contribution in [2.24, 2.45) is 0 Å². The van der Waals surface area contributed by atoms with Crippen LogP contribution in [-0.2, 0) is 14.8 Å². The molecule has 0 radical (unpaired) electrons. The van der Waals surface area contributed by atoms with Gasteiger partial charge in [0.1, 0.15) is 0 Å². The molecule has 1 aliphatic heterocycles. The number of piperazine rings is 1. The fraction of sp³-hybridized carbons (Fsp3) is 0.562. The van der Waals surface area contributed by atoms with Gasteiger partial charge in [0.15, 0.2) is 5.75 Å². The molecule has 1 heterocycles. The second-order valence-electron chi connectivity index (χ2n) is 6.44. The Kier molecular flexibility index (Phi) is 6.39. The SMILES string of the molecule is COc1ccc(S(=O)(=O)N2CCN(C(C)C(=O)N(C)C)CC2)cc1[N+](=O)[O-]. The van der Waals surface area contributed by atoms with Crippen molar-refractivity contribution in [3.8, 4) is 5.75 Å². The average molecular weight is 400 g/mol. The molecule has 0 aliphatic carbocycles. The zero-order valence-electron chi connectivity index (χ0n) is 15.8. The molecule has 0 aromatic heterocycles. The largest absolute Gasteiger partial charge is 0.490 e. The highest BCUT2D eigenvalue weighted by Crippen LogP contribution is 2.30. The first-order valence-electron chi connectivity index (χ1n) is 8.37. The van der Waals surface area contributed by atoms with E-state index < -0.39 is 20.6 Å². The molecule has 1 aliphatic rings. The molecule has 27 heavy (non-hydrogen) atoms. The van der Waals surface area contributed by atoms with Gasteiger partial charge in [-0.2, -0.15) is 4.31 Å². The molecule has 1 unspecified atom stereocenters. The molecule has 0 N–H and O–H groups in total.